The number of thiocarbonyl (C=S) groups is 1. The molecule has 0 fully saturated rings. The van der Waals surface area contributed by atoms with E-state index in [1.54, 1.807) is 28.7 Å². The van der Waals surface area contributed by atoms with E-state index in [0.717, 1.165) is 22.6 Å². The molecule has 19 heavy (non-hydrogen) atoms. The molecule has 0 saturated heterocycles. The lowest BCUT2D eigenvalue weighted by Crippen LogP contribution is -2.31. The number of hydrogen-bond donors (Lipinski definition) is 1. The molecule has 3 heterocycles. The van der Waals surface area contributed by atoms with Gasteiger partial charge < -0.3 is 5.73 Å². The first-order valence-corrected chi connectivity index (χ1v) is 7.14. The molecule has 2 N–H and O–H groups in total. The molecule has 0 aromatic carbocycles. The Bertz CT molecular complexity index is 607. The van der Waals surface area contributed by atoms with E-state index in [1.807, 2.05) is 23.6 Å². The van der Waals surface area contributed by atoms with E-state index in [0.29, 0.717) is 5.11 Å². The van der Waals surface area contributed by atoms with Crippen molar-refractivity contribution in [3.05, 3.63) is 52.5 Å². The summed E-state index contributed by atoms with van der Waals surface area (Å²) in [6, 6.07) is 8.10. The van der Waals surface area contributed by atoms with Crippen molar-refractivity contribution in [2.45, 2.75) is 12.5 Å². The van der Waals surface area contributed by atoms with Crippen molar-refractivity contribution >= 4 is 34.4 Å². The fourth-order valence-electron chi connectivity index (χ4n) is 2.15. The SMILES string of the molecule is NC(=S)N1N=C(c2cccs2)C[C@@H]1c1ccncc1. The van der Waals surface area contributed by atoms with Crippen molar-refractivity contribution in [1.29, 1.82) is 0 Å². The minimum absolute atomic E-state index is 0.0672. The van der Waals surface area contributed by atoms with Gasteiger partial charge in [-0.2, -0.15) is 5.10 Å². The van der Waals surface area contributed by atoms with Gasteiger partial charge >= 0.3 is 0 Å². The fraction of sp³-hybridized carbons (Fsp3) is 0.154. The summed E-state index contributed by atoms with van der Waals surface area (Å²) in [5, 5.41) is 8.63. The minimum atomic E-state index is 0.0672. The highest BCUT2D eigenvalue weighted by atomic mass is 32.1. The molecule has 0 radical (unpaired) electrons. The summed E-state index contributed by atoms with van der Waals surface area (Å²) in [5.41, 5.74) is 7.93. The monoisotopic (exact) mass is 288 g/mol. The molecular formula is C13H12N4S2. The van der Waals surface area contributed by atoms with Crippen LogP contribution in [0.4, 0.5) is 0 Å². The third-order valence-corrected chi connectivity index (χ3v) is 4.14. The van der Waals surface area contributed by atoms with Gasteiger partial charge in [-0.1, -0.05) is 6.07 Å². The molecule has 1 aliphatic heterocycles. The first kappa shape index (κ1) is 12.3. The van der Waals surface area contributed by atoms with E-state index in [9.17, 15) is 0 Å². The van der Waals surface area contributed by atoms with Crippen LogP contribution in [-0.2, 0) is 0 Å². The first-order valence-electron chi connectivity index (χ1n) is 5.85. The fourth-order valence-corrected chi connectivity index (χ4v) is 3.04. The highest BCUT2D eigenvalue weighted by Crippen LogP contribution is 2.33. The summed E-state index contributed by atoms with van der Waals surface area (Å²) in [6.45, 7) is 0. The molecule has 1 aliphatic rings. The lowest BCUT2D eigenvalue weighted by atomic mass is 10.0. The number of nitrogens with zero attached hydrogens (tertiary/aromatic N) is 3. The predicted molar refractivity (Wildman–Crippen MR) is 81.1 cm³/mol. The van der Waals surface area contributed by atoms with Crippen molar-refractivity contribution in [3.63, 3.8) is 0 Å². The van der Waals surface area contributed by atoms with Gasteiger partial charge in [-0.05, 0) is 41.4 Å². The highest BCUT2D eigenvalue weighted by molar-refractivity contribution is 7.80. The van der Waals surface area contributed by atoms with Gasteiger partial charge in [0.25, 0.3) is 0 Å². The number of hydrazone groups is 1. The van der Waals surface area contributed by atoms with Crippen molar-refractivity contribution in [2.75, 3.05) is 0 Å². The number of pyridine rings is 1. The Hall–Kier alpha value is -1.79. The molecule has 0 aliphatic carbocycles. The van der Waals surface area contributed by atoms with Crippen molar-refractivity contribution < 1.29 is 0 Å². The lowest BCUT2D eigenvalue weighted by molar-refractivity contribution is 0.372. The maximum Gasteiger partial charge on any atom is 0.187 e. The van der Waals surface area contributed by atoms with Crippen LogP contribution < -0.4 is 5.73 Å². The number of rotatable bonds is 2. The minimum Gasteiger partial charge on any atom is -0.375 e. The molecule has 0 saturated carbocycles. The summed E-state index contributed by atoms with van der Waals surface area (Å²) in [7, 11) is 0. The smallest absolute Gasteiger partial charge is 0.187 e. The summed E-state index contributed by atoms with van der Waals surface area (Å²) in [5.74, 6) is 0. The van der Waals surface area contributed by atoms with E-state index in [4.69, 9.17) is 18.0 Å². The average Bonchev–Trinajstić information content (AvgIpc) is 3.08. The van der Waals surface area contributed by atoms with Crippen LogP contribution in [0.2, 0.25) is 0 Å². The highest BCUT2D eigenvalue weighted by Gasteiger charge is 2.30. The number of thiophene rings is 1. The van der Waals surface area contributed by atoms with Crippen LogP contribution in [0.5, 0.6) is 0 Å². The zero-order valence-electron chi connectivity index (χ0n) is 10.1. The summed E-state index contributed by atoms with van der Waals surface area (Å²) >= 11 is 6.78. The largest absolute Gasteiger partial charge is 0.375 e. The van der Waals surface area contributed by atoms with E-state index in [-0.39, 0.29) is 6.04 Å². The van der Waals surface area contributed by atoms with Gasteiger partial charge in [0.1, 0.15) is 0 Å². The first-order chi connectivity index (χ1) is 9.25. The quantitative estimate of drug-likeness (QED) is 0.863. The van der Waals surface area contributed by atoms with Crippen LogP contribution in [-0.4, -0.2) is 20.8 Å². The van der Waals surface area contributed by atoms with Crippen LogP contribution >= 0.6 is 23.6 Å². The number of aromatic nitrogens is 1. The van der Waals surface area contributed by atoms with Gasteiger partial charge in [0.2, 0.25) is 0 Å². The van der Waals surface area contributed by atoms with Gasteiger partial charge in [-0.3, -0.25) is 4.98 Å². The Labute approximate surface area is 120 Å². The molecule has 96 valence electrons. The second-order valence-electron chi connectivity index (χ2n) is 4.21. The number of nitrogens with two attached hydrogens (primary N) is 1. The molecule has 0 spiro atoms. The zero-order valence-corrected chi connectivity index (χ0v) is 11.7. The van der Waals surface area contributed by atoms with Gasteiger partial charge in [0.05, 0.1) is 16.6 Å². The van der Waals surface area contributed by atoms with Crippen molar-refractivity contribution in [1.82, 2.24) is 9.99 Å². The van der Waals surface area contributed by atoms with Gasteiger partial charge in [0.15, 0.2) is 5.11 Å². The number of hydrogen-bond acceptors (Lipinski definition) is 4. The molecule has 2 aromatic heterocycles. The maximum absolute atomic E-state index is 5.78. The van der Waals surface area contributed by atoms with Crippen molar-refractivity contribution in [2.24, 2.45) is 10.8 Å². The summed E-state index contributed by atoms with van der Waals surface area (Å²) in [4.78, 5) is 5.20. The molecule has 6 heteroatoms. The van der Waals surface area contributed by atoms with E-state index in [1.165, 1.54) is 0 Å². The predicted octanol–water partition coefficient (Wildman–Crippen LogP) is 2.54. The van der Waals surface area contributed by atoms with E-state index < -0.39 is 0 Å². The summed E-state index contributed by atoms with van der Waals surface area (Å²) in [6.07, 6.45) is 4.36. The molecule has 0 bridgehead atoms. The molecule has 0 unspecified atom stereocenters. The van der Waals surface area contributed by atoms with E-state index >= 15 is 0 Å². The second kappa shape index (κ2) is 5.07. The van der Waals surface area contributed by atoms with Crippen LogP contribution in [0.25, 0.3) is 0 Å². The molecule has 3 rings (SSSR count). The van der Waals surface area contributed by atoms with Gasteiger partial charge in [-0.25, -0.2) is 5.01 Å². The Morgan fingerprint density at radius 1 is 1.37 bits per heavy atom. The van der Waals surface area contributed by atoms with Gasteiger partial charge in [0, 0.05) is 18.8 Å². The summed E-state index contributed by atoms with van der Waals surface area (Å²) < 4.78 is 0. The standard InChI is InChI=1S/C13H12N4S2/c14-13(18)17-11(9-3-5-15-6-4-9)8-10(16-17)12-2-1-7-19-12/h1-7,11H,8H2,(H2,14,18)/t11-/m1/s1. The molecule has 0 amide bonds. The molecule has 1 atom stereocenters. The van der Waals surface area contributed by atoms with E-state index in [2.05, 4.69) is 16.2 Å². The topological polar surface area (TPSA) is 54.5 Å². The Morgan fingerprint density at radius 2 is 2.16 bits per heavy atom. The normalized spacial score (nSPS) is 18.4. The van der Waals surface area contributed by atoms with Crippen LogP contribution in [0.15, 0.2) is 47.1 Å². The molecule has 4 nitrogen and oxygen atoms in total. The van der Waals surface area contributed by atoms with Gasteiger partial charge in [-0.15, -0.1) is 11.3 Å². The van der Waals surface area contributed by atoms with Crippen molar-refractivity contribution in [3.8, 4) is 0 Å². The van der Waals surface area contributed by atoms with Crippen LogP contribution in [0.1, 0.15) is 22.9 Å². The Balaban J connectivity index is 1.94. The van der Waals surface area contributed by atoms with Crippen LogP contribution in [0.3, 0.4) is 0 Å². The maximum atomic E-state index is 5.78. The Morgan fingerprint density at radius 3 is 2.79 bits per heavy atom. The second-order valence-corrected chi connectivity index (χ2v) is 5.57. The average molecular weight is 288 g/mol. The third-order valence-electron chi connectivity index (χ3n) is 3.03. The zero-order chi connectivity index (χ0) is 13.2. The van der Waals surface area contributed by atoms with Crippen LogP contribution in [0, 0.1) is 0 Å². The third kappa shape index (κ3) is 2.36. The molecular weight excluding hydrogens is 276 g/mol. The Kier molecular flexibility index (Phi) is 3.27. The molecule has 2 aromatic rings. The lowest BCUT2D eigenvalue weighted by Gasteiger charge is -2.21.